The summed E-state index contributed by atoms with van der Waals surface area (Å²) in [5.41, 5.74) is 0.722. The van der Waals surface area contributed by atoms with Crippen LogP contribution in [0.5, 0.6) is 11.5 Å². The number of hydrogen-bond acceptors (Lipinski definition) is 5. The normalized spacial score (nSPS) is 17.9. The number of carbonyl (C=O) groups is 1. The van der Waals surface area contributed by atoms with Gasteiger partial charge in [-0.2, -0.15) is 0 Å². The van der Waals surface area contributed by atoms with E-state index in [1.165, 1.54) is 24.5 Å². The van der Waals surface area contributed by atoms with Crippen LogP contribution in [-0.4, -0.2) is 22.2 Å². The van der Waals surface area contributed by atoms with Crippen molar-refractivity contribution in [3.63, 3.8) is 0 Å². The van der Waals surface area contributed by atoms with Gasteiger partial charge in [-0.3, -0.25) is 9.78 Å². The Bertz CT molecular complexity index is 841. The van der Waals surface area contributed by atoms with Gasteiger partial charge in [0.25, 0.3) is 0 Å². The van der Waals surface area contributed by atoms with E-state index in [0.717, 1.165) is 19.3 Å². The molecule has 0 radical (unpaired) electrons. The van der Waals surface area contributed by atoms with E-state index in [4.69, 9.17) is 11.6 Å². The number of hydrogen-bond donors (Lipinski definition) is 1. The van der Waals surface area contributed by atoms with E-state index in [9.17, 15) is 13.6 Å². The van der Waals surface area contributed by atoms with Crippen molar-refractivity contribution in [1.82, 2.24) is 9.97 Å². The predicted octanol–water partition coefficient (Wildman–Crippen LogP) is 3.86. The number of nitrogens with zero attached hydrogens (tertiary/aromatic N) is 2. The molecule has 9 heteroatoms. The van der Waals surface area contributed by atoms with E-state index in [0.29, 0.717) is 17.1 Å². The van der Waals surface area contributed by atoms with Gasteiger partial charge in [-0.15, -0.1) is 8.78 Å². The highest BCUT2D eigenvalue weighted by Crippen LogP contribution is 2.45. The number of carbonyl (C=O) groups excluding carboxylic acids is 1. The number of halogens is 3. The molecule has 2 aromatic rings. The fraction of sp³-hybridized carbons (Fsp3) is 0.312. The molecule has 1 aliphatic carbocycles. The highest BCUT2D eigenvalue weighted by Gasteiger charge is 2.43. The highest BCUT2D eigenvalue weighted by molar-refractivity contribution is 6.33. The number of aromatic nitrogens is 2. The first kappa shape index (κ1) is 16.0. The Hall–Kier alpha value is -2.48. The zero-order valence-electron chi connectivity index (χ0n) is 12.8. The maximum atomic E-state index is 13.1. The lowest BCUT2D eigenvalue weighted by Crippen LogP contribution is -2.28. The van der Waals surface area contributed by atoms with Gasteiger partial charge in [-0.1, -0.05) is 18.0 Å². The quantitative estimate of drug-likeness (QED) is 0.891. The van der Waals surface area contributed by atoms with Crippen LogP contribution in [0.25, 0.3) is 11.3 Å². The maximum absolute atomic E-state index is 13.1. The Morgan fingerprint density at radius 3 is 2.52 bits per heavy atom. The average molecular weight is 368 g/mol. The summed E-state index contributed by atoms with van der Waals surface area (Å²) in [7, 11) is 0. The molecule has 0 atom stereocenters. The van der Waals surface area contributed by atoms with Crippen LogP contribution in [0.2, 0.25) is 5.02 Å². The molecule has 25 heavy (non-hydrogen) atoms. The van der Waals surface area contributed by atoms with Gasteiger partial charge in [0.1, 0.15) is 0 Å². The monoisotopic (exact) mass is 367 g/mol. The third kappa shape index (κ3) is 3.09. The van der Waals surface area contributed by atoms with Crippen molar-refractivity contribution in [2.24, 2.45) is 5.92 Å². The first-order valence-electron chi connectivity index (χ1n) is 7.64. The zero-order chi connectivity index (χ0) is 17.6. The second-order valence-corrected chi connectivity index (χ2v) is 6.26. The van der Waals surface area contributed by atoms with E-state index in [1.54, 1.807) is 0 Å². The van der Waals surface area contributed by atoms with Crippen molar-refractivity contribution in [2.75, 3.05) is 5.32 Å². The van der Waals surface area contributed by atoms with Gasteiger partial charge in [0, 0.05) is 17.5 Å². The molecule has 0 unspecified atom stereocenters. The fourth-order valence-electron chi connectivity index (χ4n) is 2.60. The molecular formula is C16H12ClF2N3O3. The third-order valence-corrected chi connectivity index (χ3v) is 4.46. The van der Waals surface area contributed by atoms with E-state index in [1.807, 2.05) is 0 Å². The van der Waals surface area contributed by atoms with Crippen LogP contribution in [0.1, 0.15) is 19.3 Å². The highest BCUT2D eigenvalue weighted by atomic mass is 35.5. The molecule has 1 amide bonds. The first-order valence-corrected chi connectivity index (χ1v) is 8.02. The summed E-state index contributed by atoms with van der Waals surface area (Å²) in [6, 6.07) is 2.55. The molecule has 0 bridgehead atoms. The van der Waals surface area contributed by atoms with Crippen LogP contribution < -0.4 is 14.8 Å². The second-order valence-electron chi connectivity index (χ2n) is 5.85. The standard InChI is InChI=1S/C16H12ClF2N3O3/c17-10-5-13-12(24-16(18,19)25-13)4-9(10)11-6-21-14(7-20-11)22-15(23)8-2-1-3-8/h4-8H,1-3H2,(H,21,22,23). The number of ether oxygens (including phenoxy) is 2. The van der Waals surface area contributed by atoms with Gasteiger partial charge in [0.15, 0.2) is 17.3 Å². The Morgan fingerprint density at radius 1 is 1.20 bits per heavy atom. The number of alkyl halides is 2. The second kappa shape index (κ2) is 5.80. The van der Waals surface area contributed by atoms with Crippen molar-refractivity contribution >= 4 is 23.3 Å². The predicted molar refractivity (Wildman–Crippen MR) is 84.7 cm³/mol. The van der Waals surface area contributed by atoms with Crippen LogP contribution in [0.15, 0.2) is 24.5 Å². The van der Waals surface area contributed by atoms with Crippen LogP contribution in [0.3, 0.4) is 0 Å². The molecule has 0 spiro atoms. The topological polar surface area (TPSA) is 73.3 Å². The number of anilines is 1. The number of nitrogens with one attached hydrogen (secondary N) is 1. The van der Waals surface area contributed by atoms with Gasteiger partial charge in [-0.25, -0.2) is 4.98 Å². The summed E-state index contributed by atoms with van der Waals surface area (Å²) in [5.74, 6) is 0.0109. The van der Waals surface area contributed by atoms with Crippen molar-refractivity contribution in [2.45, 2.75) is 25.6 Å². The smallest absolute Gasteiger partial charge is 0.395 e. The van der Waals surface area contributed by atoms with E-state index in [2.05, 4.69) is 24.8 Å². The summed E-state index contributed by atoms with van der Waals surface area (Å²) in [5, 5.41) is 2.87. The molecule has 1 aliphatic heterocycles. The molecule has 2 heterocycles. The lowest BCUT2D eigenvalue weighted by atomic mass is 9.85. The van der Waals surface area contributed by atoms with Gasteiger partial charge >= 0.3 is 6.29 Å². The molecule has 1 aromatic heterocycles. The van der Waals surface area contributed by atoms with Crippen LogP contribution >= 0.6 is 11.6 Å². The van der Waals surface area contributed by atoms with Crippen LogP contribution in [0, 0.1) is 5.92 Å². The molecule has 1 saturated carbocycles. The minimum atomic E-state index is -3.72. The Kier molecular flexibility index (Phi) is 3.72. The number of rotatable bonds is 3. The molecule has 4 rings (SSSR count). The SMILES string of the molecule is O=C(Nc1cnc(-c2cc3c(cc2Cl)OC(F)(F)O3)cn1)C1CCC1. The number of benzene rings is 1. The van der Waals surface area contributed by atoms with Crippen LogP contribution in [-0.2, 0) is 4.79 Å². The fourth-order valence-corrected chi connectivity index (χ4v) is 2.85. The Morgan fingerprint density at radius 2 is 1.92 bits per heavy atom. The summed E-state index contributed by atoms with van der Waals surface area (Å²) in [6.07, 6.45) is 1.90. The molecule has 1 aromatic carbocycles. The summed E-state index contributed by atoms with van der Waals surface area (Å²) < 4.78 is 35.0. The Labute approximate surface area is 146 Å². The number of fused-ring (bicyclic) bond motifs is 1. The van der Waals surface area contributed by atoms with Crippen molar-refractivity contribution in [1.29, 1.82) is 0 Å². The van der Waals surface area contributed by atoms with Gasteiger partial charge in [0.05, 0.1) is 23.1 Å². The lowest BCUT2D eigenvalue weighted by molar-refractivity contribution is -0.286. The average Bonchev–Trinajstić information content (AvgIpc) is 2.78. The van der Waals surface area contributed by atoms with Gasteiger partial charge in [-0.05, 0) is 18.9 Å². The molecule has 2 aliphatic rings. The number of amides is 1. The molecule has 1 N–H and O–H groups in total. The minimum absolute atomic E-state index is 0.0337. The summed E-state index contributed by atoms with van der Waals surface area (Å²) in [6.45, 7) is 0. The Balaban J connectivity index is 1.55. The van der Waals surface area contributed by atoms with Gasteiger partial charge in [0.2, 0.25) is 5.91 Å². The molecule has 0 saturated heterocycles. The lowest BCUT2D eigenvalue weighted by Gasteiger charge is -2.23. The van der Waals surface area contributed by atoms with Crippen molar-refractivity contribution < 1.29 is 23.0 Å². The van der Waals surface area contributed by atoms with E-state index < -0.39 is 6.29 Å². The van der Waals surface area contributed by atoms with Gasteiger partial charge < -0.3 is 14.8 Å². The third-order valence-electron chi connectivity index (χ3n) is 4.15. The van der Waals surface area contributed by atoms with E-state index >= 15 is 0 Å². The molecule has 6 nitrogen and oxygen atoms in total. The minimum Gasteiger partial charge on any atom is -0.395 e. The largest absolute Gasteiger partial charge is 0.586 e. The summed E-state index contributed by atoms with van der Waals surface area (Å²) >= 11 is 6.11. The molecular weight excluding hydrogens is 356 g/mol. The first-order chi connectivity index (χ1) is 11.9. The van der Waals surface area contributed by atoms with Crippen molar-refractivity contribution in [3.8, 4) is 22.8 Å². The molecule has 130 valence electrons. The van der Waals surface area contributed by atoms with Crippen LogP contribution in [0.4, 0.5) is 14.6 Å². The maximum Gasteiger partial charge on any atom is 0.586 e. The van der Waals surface area contributed by atoms with E-state index in [-0.39, 0.29) is 28.3 Å². The zero-order valence-corrected chi connectivity index (χ0v) is 13.5. The molecule has 1 fully saturated rings. The van der Waals surface area contributed by atoms with Crippen molar-refractivity contribution in [3.05, 3.63) is 29.5 Å². The summed E-state index contributed by atoms with van der Waals surface area (Å²) in [4.78, 5) is 20.2.